The SMILES string of the molecule is NC(=O)c1cccc(CNC(=O)c2cccc(NC(=O)C3CC3)c2)c1. The van der Waals surface area contributed by atoms with Gasteiger partial charge in [-0.25, -0.2) is 0 Å². The minimum atomic E-state index is -0.507. The van der Waals surface area contributed by atoms with Crippen LogP contribution in [0.4, 0.5) is 5.69 Å². The molecule has 2 aromatic carbocycles. The van der Waals surface area contributed by atoms with Crippen molar-refractivity contribution in [1.82, 2.24) is 5.32 Å². The molecule has 0 aromatic heterocycles. The molecule has 25 heavy (non-hydrogen) atoms. The van der Waals surface area contributed by atoms with Crippen molar-refractivity contribution in [2.45, 2.75) is 19.4 Å². The Morgan fingerprint density at radius 3 is 2.44 bits per heavy atom. The maximum Gasteiger partial charge on any atom is 0.251 e. The number of rotatable bonds is 6. The van der Waals surface area contributed by atoms with E-state index in [0.717, 1.165) is 18.4 Å². The monoisotopic (exact) mass is 337 g/mol. The number of carbonyl (C=O) groups is 3. The molecule has 6 nitrogen and oxygen atoms in total. The van der Waals surface area contributed by atoms with Gasteiger partial charge in [0.05, 0.1) is 0 Å². The first-order valence-corrected chi connectivity index (χ1v) is 8.11. The zero-order valence-electron chi connectivity index (χ0n) is 13.6. The van der Waals surface area contributed by atoms with Gasteiger partial charge in [-0.1, -0.05) is 18.2 Å². The second-order valence-corrected chi connectivity index (χ2v) is 6.09. The Bertz CT molecular complexity index is 828. The fourth-order valence-corrected chi connectivity index (χ4v) is 2.45. The highest BCUT2D eigenvalue weighted by molar-refractivity contribution is 5.98. The van der Waals surface area contributed by atoms with Crippen molar-refractivity contribution in [3.63, 3.8) is 0 Å². The maximum atomic E-state index is 12.3. The number of hydrogen-bond acceptors (Lipinski definition) is 3. The molecule has 3 amide bonds. The van der Waals surface area contributed by atoms with Crippen LogP contribution < -0.4 is 16.4 Å². The predicted molar refractivity (Wildman–Crippen MR) is 93.9 cm³/mol. The number of nitrogens with one attached hydrogen (secondary N) is 2. The summed E-state index contributed by atoms with van der Waals surface area (Å²) in [7, 11) is 0. The van der Waals surface area contributed by atoms with Gasteiger partial charge in [-0.2, -0.15) is 0 Å². The molecule has 0 spiro atoms. The third-order valence-electron chi connectivity index (χ3n) is 4.01. The largest absolute Gasteiger partial charge is 0.366 e. The minimum absolute atomic E-state index is 0.000764. The summed E-state index contributed by atoms with van der Waals surface area (Å²) in [5.41, 5.74) is 7.50. The van der Waals surface area contributed by atoms with Crippen LogP contribution in [0.3, 0.4) is 0 Å². The lowest BCUT2D eigenvalue weighted by atomic mass is 10.1. The summed E-state index contributed by atoms with van der Waals surface area (Å²) in [4.78, 5) is 35.3. The number of hydrogen-bond donors (Lipinski definition) is 3. The summed E-state index contributed by atoms with van der Waals surface area (Å²) in [6, 6.07) is 13.6. The molecule has 0 bridgehead atoms. The normalized spacial score (nSPS) is 13.1. The van der Waals surface area contributed by atoms with Crippen molar-refractivity contribution in [3.05, 3.63) is 65.2 Å². The Morgan fingerprint density at radius 2 is 1.72 bits per heavy atom. The molecule has 2 aromatic rings. The van der Waals surface area contributed by atoms with Gasteiger partial charge in [0.15, 0.2) is 0 Å². The maximum absolute atomic E-state index is 12.3. The van der Waals surface area contributed by atoms with Crippen LogP contribution in [0, 0.1) is 5.92 Å². The molecule has 1 aliphatic rings. The number of primary amides is 1. The predicted octanol–water partition coefficient (Wildman–Crippen LogP) is 2.06. The number of nitrogens with two attached hydrogens (primary N) is 1. The van der Waals surface area contributed by atoms with Crippen molar-refractivity contribution in [3.8, 4) is 0 Å². The Hall–Kier alpha value is -3.15. The van der Waals surface area contributed by atoms with Gasteiger partial charge in [0.2, 0.25) is 11.8 Å². The van der Waals surface area contributed by atoms with E-state index in [1.165, 1.54) is 0 Å². The van der Waals surface area contributed by atoms with E-state index in [0.29, 0.717) is 16.8 Å². The van der Waals surface area contributed by atoms with Crippen molar-refractivity contribution >= 4 is 23.4 Å². The lowest BCUT2D eigenvalue weighted by molar-refractivity contribution is -0.117. The topological polar surface area (TPSA) is 101 Å². The molecule has 0 saturated heterocycles. The highest BCUT2D eigenvalue weighted by Crippen LogP contribution is 2.30. The molecule has 0 aliphatic heterocycles. The molecule has 3 rings (SSSR count). The number of amides is 3. The molecular formula is C19H19N3O3. The van der Waals surface area contributed by atoms with Crippen molar-refractivity contribution < 1.29 is 14.4 Å². The smallest absolute Gasteiger partial charge is 0.251 e. The summed E-state index contributed by atoms with van der Waals surface area (Å²) < 4.78 is 0. The third-order valence-corrected chi connectivity index (χ3v) is 4.01. The molecule has 0 unspecified atom stereocenters. The molecular weight excluding hydrogens is 318 g/mol. The first-order valence-electron chi connectivity index (χ1n) is 8.11. The van der Waals surface area contributed by atoms with Crippen LogP contribution in [0.2, 0.25) is 0 Å². The molecule has 128 valence electrons. The van der Waals surface area contributed by atoms with Crippen LogP contribution >= 0.6 is 0 Å². The lowest BCUT2D eigenvalue weighted by Crippen LogP contribution is -2.23. The third kappa shape index (κ3) is 4.44. The van der Waals surface area contributed by atoms with Gasteiger partial charge in [-0.3, -0.25) is 14.4 Å². The van der Waals surface area contributed by atoms with Gasteiger partial charge in [0, 0.05) is 29.3 Å². The fourth-order valence-electron chi connectivity index (χ4n) is 2.45. The first-order chi connectivity index (χ1) is 12.0. The standard InChI is InChI=1S/C19H19N3O3/c20-17(23)14-4-1-3-12(9-14)11-21-18(24)15-5-2-6-16(10-15)22-19(25)13-7-8-13/h1-6,9-10,13H,7-8,11H2,(H2,20,23)(H,21,24)(H,22,25). The summed E-state index contributed by atoms with van der Waals surface area (Å²) in [6.45, 7) is 0.276. The van der Waals surface area contributed by atoms with Crippen LogP contribution in [0.15, 0.2) is 48.5 Å². The number of anilines is 1. The van der Waals surface area contributed by atoms with Gasteiger partial charge in [-0.15, -0.1) is 0 Å². The van der Waals surface area contributed by atoms with Crippen LogP contribution in [-0.4, -0.2) is 17.7 Å². The zero-order valence-corrected chi connectivity index (χ0v) is 13.6. The highest BCUT2D eigenvalue weighted by atomic mass is 16.2. The second-order valence-electron chi connectivity index (χ2n) is 6.09. The molecule has 0 atom stereocenters. The van der Waals surface area contributed by atoms with Crippen molar-refractivity contribution in [2.75, 3.05) is 5.32 Å². The van der Waals surface area contributed by atoms with E-state index in [9.17, 15) is 14.4 Å². The molecule has 4 N–H and O–H groups in total. The average Bonchev–Trinajstić information content (AvgIpc) is 3.45. The summed E-state index contributed by atoms with van der Waals surface area (Å²) in [5, 5.41) is 5.62. The molecule has 0 heterocycles. The Labute approximate surface area is 145 Å². The zero-order chi connectivity index (χ0) is 17.8. The van der Waals surface area contributed by atoms with E-state index in [1.54, 1.807) is 48.5 Å². The Kier molecular flexibility index (Phi) is 4.79. The van der Waals surface area contributed by atoms with Gasteiger partial charge in [0.25, 0.3) is 5.91 Å². The summed E-state index contributed by atoms with van der Waals surface area (Å²) >= 11 is 0. The van der Waals surface area contributed by atoms with Gasteiger partial charge in [-0.05, 0) is 48.7 Å². The molecule has 6 heteroatoms. The van der Waals surface area contributed by atoms with E-state index < -0.39 is 5.91 Å². The van der Waals surface area contributed by atoms with Crippen LogP contribution in [-0.2, 0) is 11.3 Å². The number of carbonyl (C=O) groups excluding carboxylic acids is 3. The molecule has 1 saturated carbocycles. The van der Waals surface area contributed by atoms with Gasteiger partial charge in [0.1, 0.15) is 0 Å². The molecule has 0 radical (unpaired) electrons. The van der Waals surface area contributed by atoms with Crippen molar-refractivity contribution in [2.24, 2.45) is 11.7 Å². The van der Waals surface area contributed by atoms with E-state index in [4.69, 9.17) is 5.73 Å². The van der Waals surface area contributed by atoms with Crippen LogP contribution in [0.1, 0.15) is 39.1 Å². The second kappa shape index (κ2) is 7.17. The van der Waals surface area contributed by atoms with E-state index in [1.807, 2.05) is 0 Å². The van der Waals surface area contributed by atoms with E-state index in [-0.39, 0.29) is 24.3 Å². The summed E-state index contributed by atoms with van der Waals surface area (Å²) in [6.07, 6.45) is 1.85. The Morgan fingerprint density at radius 1 is 1.00 bits per heavy atom. The lowest BCUT2D eigenvalue weighted by Gasteiger charge is -2.09. The van der Waals surface area contributed by atoms with Gasteiger partial charge >= 0.3 is 0 Å². The quantitative estimate of drug-likeness (QED) is 0.752. The van der Waals surface area contributed by atoms with Crippen LogP contribution in [0.25, 0.3) is 0 Å². The van der Waals surface area contributed by atoms with Gasteiger partial charge < -0.3 is 16.4 Å². The average molecular weight is 337 g/mol. The first kappa shape index (κ1) is 16.7. The highest BCUT2D eigenvalue weighted by Gasteiger charge is 2.29. The fraction of sp³-hybridized carbons (Fsp3) is 0.211. The van der Waals surface area contributed by atoms with E-state index in [2.05, 4.69) is 10.6 Å². The van der Waals surface area contributed by atoms with Crippen molar-refractivity contribution in [1.29, 1.82) is 0 Å². The Balaban J connectivity index is 1.62. The van der Waals surface area contributed by atoms with E-state index >= 15 is 0 Å². The molecule has 1 fully saturated rings. The summed E-state index contributed by atoms with van der Waals surface area (Å²) in [5.74, 6) is -0.657. The molecule has 1 aliphatic carbocycles. The number of benzene rings is 2. The van der Waals surface area contributed by atoms with Crippen LogP contribution in [0.5, 0.6) is 0 Å². The minimum Gasteiger partial charge on any atom is -0.366 e.